The molecule has 0 aliphatic carbocycles. The van der Waals surface area contributed by atoms with Crippen LogP contribution in [0.2, 0.25) is 0 Å². The highest BCUT2D eigenvalue weighted by atomic mass is 32.2. The van der Waals surface area contributed by atoms with Crippen LogP contribution >= 0.6 is 11.8 Å². The van der Waals surface area contributed by atoms with Gasteiger partial charge in [-0.1, -0.05) is 0 Å². The zero-order chi connectivity index (χ0) is 19.7. The standard InChI is InChI=1S/C19H19F2N3O3S/c20-13-3-4-15(14(21)12-13)22-18(26)23-7-5-19(6-8-23)24(9-11-28-19)17(25)16-2-1-10-27-16/h1-4,10,12H,5-9,11H2,(H,22,26). The Morgan fingerprint density at radius 1 is 1.14 bits per heavy atom. The smallest absolute Gasteiger partial charge is 0.321 e. The maximum atomic E-state index is 13.8. The number of anilines is 1. The molecule has 1 spiro atoms. The molecule has 0 bridgehead atoms. The first-order valence-electron chi connectivity index (χ1n) is 8.99. The molecule has 1 aromatic carbocycles. The van der Waals surface area contributed by atoms with Crippen LogP contribution < -0.4 is 5.32 Å². The summed E-state index contributed by atoms with van der Waals surface area (Å²) < 4.78 is 32.0. The van der Waals surface area contributed by atoms with Crippen molar-refractivity contribution >= 4 is 29.4 Å². The van der Waals surface area contributed by atoms with Crippen molar-refractivity contribution in [1.29, 1.82) is 0 Å². The number of amides is 3. The number of nitrogens with one attached hydrogen (secondary N) is 1. The van der Waals surface area contributed by atoms with Gasteiger partial charge in [0.1, 0.15) is 11.6 Å². The van der Waals surface area contributed by atoms with Crippen LogP contribution in [0.25, 0.3) is 0 Å². The normalized spacial score (nSPS) is 18.5. The van der Waals surface area contributed by atoms with Crippen molar-refractivity contribution in [3.63, 3.8) is 0 Å². The fourth-order valence-corrected chi connectivity index (χ4v) is 5.14. The lowest BCUT2D eigenvalue weighted by Crippen LogP contribution is -2.54. The molecule has 148 valence electrons. The molecule has 2 saturated heterocycles. The monoisotopic (exact) mass is 407 g/mol. The van der Waals surface area contributed by atoms with Crippen molar-refractivity contribution < 1.29 is 22.8 Å². The fraction of sp³-hybridized carbons (Fsp3) is 0.368. The zero-order valence-corrected chi connectivity index (χ0v) is 15.8. The summed E-state index contributed by atoms with van der Waals surface area (Å²) in [6.45, 7) is 1.50. The topological polar surface area (TPSA) is 65.8 Å². The van der Waals surface area contributed by atoms with Crippen molar-refractivity contribution in [1.82, 2.24) is 9.80 Å². The number of hydrogen-bond acceptors (Lipinski definition) is 4. The zero-order valence-electron chi connectivity index (χ0n) is 15.0. The molecule has 9 heteroatoms. The minimum atomic E-state index is -0.816. The molecule has 3 heterocycles. The molecular formula is C19H19F2N3O3S. The average molecular weight is 407 g/mol. The third kappa shape index (κ3) is 3.46. The summed E-state index contributed by atoms with van der Waals surface area (Å²) in [5, 5.41) is 2.49. The van der Waals surface area contributed by atoms with Crippen LogP contribution in [0.1, 0.15) is 23.4 Å². The fourth-order valence-electron chi connectivity index (χ4n) is 3.69. The lowest BCUT2D eigenvalue weighted by Gasteiger charge is -2.43. The number of halogens is 2. The number of thioether (sulfide) groups is 1. The predicted molar refractivity (Wildman–Crippen MR) is 101 cm³/mol. The molecule has 4 rings (SSSR count). The van der Waals surface area contributed by atoms with Crippen LogP contribution in [0.3, 0.4) is 0 Å². The SMILES string of the molecule is O=C(Nc1ccc(F)cc1F)N1CCC2(CC1)SCCN2C(=O)c1ccco1. The summed E-state index contributed by atoms with van der Waals surface area (Å²) in [6.07, 6.45) is 2.71. The Hall–Kier alpha value is -2.55. The molecule has 2 fully saturated rings. The molecule has 28 heavy (non-hydrogen) atoms. The van der Waals surface area contributed by atoms with Crippen molar-refractivity contribution in [3.05, 3.63) is 54.0 Å². The molecule has 3 amide bonds. The summed E-state index contributed by atoms with van der Waals surface area (Å²) >= 11 is 1.72. The highest BCUT2D eigenvalue weighted by Gasteiger charge is 2.47. The van der Waals surface area contributed by atoms with E-state index >= 15 is 0 Å². The number of piperidine rings is 1. The average Bonchev–Trinajstić information content (AvgIpc) is 3.35. The van der Waals surface area contributed by atoms with Gasteiger partial charge in [0.05, 0.1) is 16.8 Å². The lowest BCUT2D eigenvalue weighted by atomic mass is 10.0. The largest absolute Gasteiger partial charge is 0.459 e. The maximum absolute atomic E-state index is 13.8. The van der Waals surface area contributed by atoms with Crippen LogP contribution in [0, 0.1) is 11.6 Å². The highest BCUT2D eigenvalue weighted by molar-refractivity contribution is 8.00. The van der Waals surface area contributed by atoms with Gasteiger partial charge in [0.15, 0.2) is 5.76 Å². The second-order valence-corrected chi connectivity index (χ2v) is 8.23. The van der Waals surface area contributed by atoms with Gasteiger partial charge >= 0.3 is 6.03 Å². The van der Waals surface area contributed by atoms with E-state index in [0.29, 0.717) is 38.2 Å². The van der Waals surface area contributed by atoms with E-state index in [1.54, 1.807) is 28.8 Å². The van der Waals surface area contributed by atoms with E-state index in [9.17, 15) is 18.4 Å². The minimum Gasteiger partial charge on any atom is -0.459 e. The molecule has 0 unspecified atom stereocenters. The maximum Gasteiger partial charge on any atom is 0.321 e. The summed E-state index contributed by atoms with van der Waals surface area (Å²) in [6, 6.07) is 5.92. The Kier molecular flexibility index (Phi) is 5.01. The Morgan fingerprint density at radius 2 is 1.93 bits per heavy atom. The number of benzene rings is 1. The van der Waals surface area contributed by atoms with E-state index in [1.165, 1.54) is 12.3 Å². The van der Waals surface area contributed by atoms with Gasteiger partial charge in [0, 0.05) is 31.5 Å². The molecule has 0 atom stereocenters. The quantitative estimate of drug-likeness (QED) is 0.823. The number of likely N-dealkylation sites (tertiary alicyclic amines) is 1. The first-order chi connectivity index (χ1) is 13.5. The van der Waals surface area contributed by atoms with E-state index in [2.05, 4.69) is 5.32 Å². The summed E-state index contributed by atoms with van der Waals surface area (Å²) in [7, 11) is 0. The predicted octanol–water partition coefficient (Wildman–Crippen LogP) is 3.77. The van der Waals surface area contributed by atoms with Gasteiger partial charge in [0.2, 0.25) is 0 Å². The van der Waals surface area contributed by atoms with Crippen molar-refractivity contribution in [2.75, 3.05) is 30.7 Å². The molecule has 0 saturated carbocycles. The van der Waals surface area contributed by atoms with E-state index in [4.69, 9.17) is 4.42 Å². The van der Waals surface area contributed by atoms with Gasteiger partial charge in [-0.15, -0.1) is 11.8 Å². The highest BCUT2D eigenvalue weighted by Crippen LogP contribution is 2.44. The Balaban J connectivity index is 1.40. The number of nitrogens with zero attached hydrogens (tertiary/aromatic N) is 2. The molecule has 2 aliphatic heterocycles. The molecule has 6 nitrogen and oxygen atoms in total. The third-order valence-corrected chi connectivity index (χ3v) is 6.71. The summed E-state index contributed by atoms with van der Waals surface area (Å²) in [5.74, 6) is -0.507. The van der Waals surface area contributed by atoms with E-state index in [0.717, 1.165) is 17.9 Å². The van der Waals surface area contributed by atoms with E-state index in [1.807, 2.05) is 4.90 Å². The first-order valence-corrected chi connectivity index (χ1v) is 9.97. The van der Waals surface area contributed by atoms with Crippen LogP contribution in [0.15, 0.2) is 41.0 Å². The Bertz CT molecular complexity index is 883. The summed E-state index contributed by atoms with van der Waals surface area (Å²) in [4.78, 5) is 28.3. The van der Waals surface area contributed by atoms with Crippen molar-refractivity contribution in [3.8, 4) is 0 Å². The van der Waals surface area contributed by atoms with Crippen molar-refractivity contribution in [2.45, 2.75) is 17.7 Å². The number of rotatable bonds is 2. The first kappa shape index (κ1) is 18.8. The van der Waals surface area contributed by atoms with Gasteiger partial charge in [-0.05, 0) is 37.1 Å². The number of carbonyl (C=O) groups excluding carboxylic acids is 2. The summed E-state index contributed by atoms with van der Waals surface area (Å²) in [5.41, 5.74) is -0.0587. The van der Waals surface area contributed by atoms with Gasteiger partial charge in [-0.2, -0.15) is 0 Å². The van der Waals surface area contributed by atoms with Crippen LogP contribution in [-0.4, -0.2) is 52.0 Å². The molecule has 2 aromatic rings. The number of carbonyl (C=O) groups is 2. The van der Waals surface area contributed by atoms with E-state index in [-0.39, 0.29) is 16.5 Å². The van der Waals surface area contributed by atoms with Crippen LogP contribution in [0.4, 0.5) is 19.3 Å². The second-order valence-electron chi connectivity index (χ2n) is 6.77. The van der Waals surface area contributed by atoms with Gasteiger partial charge < -0.3 is 19.5 Å². The molecule has 0 radical (unpaired) electrons. The minimum absolute atomic E-state index is 0.0587. The van der Waals surface area contributed by atoms with Crippen LogP contribution in [0.5, 0.6) is 0 Å². The van der Waals surface area contributed by atoms with E-state index < -0.39 is 17.7 Å². The van der Waals surface area contributed by atoms with Crippen molar-refractivity contribution in [2.24, 2.45) is 0 Å². The number of furan rings is 1. The number of urea groups is 1. The lowest BCUT2D eigenvalue weighted by molar-refractivity contribution is 0.0554. The Morgan fingerprint density at radius 3 is 2.61 bits per heavy atom. The van der Waals surface area contributed by atoms with Crippen LogP contribution in [-0.2, 0) is 0 Å². The Labute approximate surface area is 164 Å². The molecule has 1 aromatic heterocycles. The third-order valence-electron chi connectivity index (χ3n) is 5.16. The van der Waals surface area contributed by atoms with Gasteiger partial charge in [-0.25, -0.2) is 13.6 Å². The number of hydrogen-bond donors (Lipinski definition) is 1. The molecule has 2 aliphatic rings. The second kappa shape index (κ2) is 7.46. The van der Waals surface area contributed by atoms with Gasteiger partial charge in [-0.3, -0.25) is 4.79 Å². The molecule has 1 N–H and O–H groups in total. The molecular weight excluding hydrogens is 388 g/mol. The van der Waals surface area contributed by atoms with Gasteiger partial charge in [0.25, 0.3) is 5.91 Å².